The van der Waals surface area contributed by atoms with Crippen molar-refractivity contribution in [2.24, 2.45) is 0 Å². The number of halogens is 2. The lowest BCUT2D eigenvalue weighted by Crippen LogP contribution is -2.48. The van der Waals surface area contributed by atoms with Crippen molar-refractivity contribution in [3.63, 3.8) is 0 Å². The second-order valence-electron chi connectivity index (χ2n) is 4.45. The fourth-order valence-corrected chi connectivity index (χ4v) is 1.82. The standard InChI is InChI=1S/C10H20F2N2O/c1-8-5-9(3-4-14(8)2)13-6-10(11,12)7-15/h8-9,13,15H,3-7H2,1-2H3. The van der Waals surface area contributed by atoms with Crippen molar-refractivity contribution in [3.8, 4) is 0 Å². The quantitative estimate of drug-likeness (QED) is 0.734. The molecule has 0 bridgehead atoms. The normalized spacial score (nSPS) is 29.4. The zero-order valence-electron chi connectivity index (χ0n) is 9.34. The molecule has 3 nitrogen and oxygen atoms in total. The molecule has 0 spiro atoms. The summed E-state index contributed by atoms with van der Waals surface area (Å²) >= 11 is 0. The number of hydrogen-bond donors (Lipinski definition) is 2. The van der Waals surface area contributed by atoms with Crippen LogP contribution in [0.5, 0.6) is 0 Å². The van der Waals surface area contributed by atoms with Crippen LogP contribution in [-0.2, 0) is 0 Å². The number of hydrogen-bond acceptors (Lipinski definition) is 3. The first kappa shape index (κ1) is 12.8. The van der Waals surface area contributed by atoms with Crippen LogP contribution >= 0.6 is 0 Å². The molecular formula is C10H20F2N2O. The first-order chi connectivity index (χ1) is 6.94. The molecule has 1 aliphatic rings. The van der Waals surface area contributed by atoms with E-state index >= 15 is 0 Å². The summed E-state index contributed by atoms with van der Waals surface area (Å²) in [5.41, 5.74) is 0. The fourth-order valence-electron chi connectivity index (χ4n) is 1.82. The van der Waals surface area contributed by atoms with Gasteiger partial charge < -0.3 is 15.3 Å². The van der Waals surface area contributed by atoms with Crippen molar-refractivity contribution in [1.82, 2.24) is 10.2 Å². The molecule has 1 heterocycles. The molecule has 1 aliphatic heterocycles. The Morgan fingerprint density at radius 3 is 2.73 bits per heavy atom. The molecule has 90 valence electrons. The van der Waals surface area contributed by atoms with Crippen molar-refractivity contribution in [1.29, 1.82) is 0 Å². The smallest absolute Gasteiger partial charge is 0.282 e. The predicted molar refractivity (Wildman–Crippen MR) is 55.1 cm³/mol. The topological polar surface area (TPSA) is 35.5 Å². The molecule has 5 heteroatoms. The second-order valence-corrected chi connectivity index (χ2v) is 4.45. The first-order valence-corrected chi connectivity index (χ1v) is 5.37. The molecular weight excluding hydrogens is 202 g/mol. The van der Waals surface area contributed by atoms with Crippen LogP contribution in [0, 0.1) is 0 Å². The number of aliphatic hydroxyl groups excluding tert-OH is 1. The minimum absolute atomic E-state index is 0.147. The summed E-state index contributed by atoms with van der Waals surface area (Å²) in [6.45, 7) is 1.52. The highest BCUT2D eigenvalue weighted by Gasteiger charge is 2.30. The molecule has 2 N–H and O–H groups in total. The molecule has 0 aromatic rings. The molecule has 0 saturated carbocycles. The molecule has 0 radical (unpaired) electrons. The summed E-state index contributed by atoms with van der Waals surface area (Å²) < 4.78 is 25.5. The summed E-state index contributed by atoms with van der Waals surface area (Å²) in [7, 11) is 2.04. The van der Waals surface area contributed by atoms with E-state index < -0.39 is 19.1 Å². The van der Waals surface area contributed by atoms with E-state index in [1.165, 1.54) is 0 Å². The van der Waals surface area contributed by atoms with E-state index in [9.17, 15) is 8.78 Å². The van der Waals surface area contributed by atoms with E-state index in [2.05, 4.69) is 17.1 Å². The molecule has 1 rings (SSSR count). The Hall–Kier alpha value is -0.260. The fraction of sp³-hybridized carbons (Fsp3) is 1.00. The SMILES string of the molecule is CC1CC(NCC(F)(F)CO)CCN1C. The van der Waals surface area contributed by atoms with Gasteiger partial charge in [0, 0.05) is 12.1 Å². The molecule has 0 amide bonds. The third-order valence-electron chi connectivity index (χ3n) is 3.09. The van der Waals surface area contributed by atoms with Crippen molar-refractivity contribution in [3.05, 3.63) is 0 Å². The van der Waals surface area contributed by atoms with E-state index in [0.717, 1.165) is 19.4 Å². The van der Waals surface area contributed by atoms with Gasteiger partial charge in [-0.05, 0) is 33.4 Å². The van der Waals surface area contributed by atoms with Crippen LogP contribution in [0.3, 0.4) is 0 Å². The Morgan fingerprint density at radius 1 is 1.53 bits per heavy atom. The maximum Gasteiger partial charge on any atom is 0.282 e. The van der Waals surface area contributed by atoms with Gasteiger partial charge in [0.05, 0.1) is 6.54 Å². The average molecular weight is 222 g/mol. The summed E-state index contributed by atoms with van der Waals surface area (Å²) in [4.78, 5) is 2.22. The summed E-state index contributed by atoms with van der Waals surface area (Å²) in [5.74, 6) is -2.99. The summed E-state index contributed by atoms with van der Waals surface area (Å²) in [5, 5.41) is 11.2. The van der Waals surface area contributed by atoms with E-state index in [0.29, 0.717) is 6.04 Å². The van der Waals surface area contributed by atoms with E-state index in [4.69, 9.17) is 5.11 Å². The van der Waals surface area contributed by atoms with Crippen molar-refractivity contribution in [2.75, 3.05) is 26.7 Å². The van der Waals surface area contributed by atoms with Crippen LogP contribution in [-0.4, -0.2) is 54.8 Å². The molecule has 0 aromatic heterocycles. The highest BCUT2D eigenvalue weighted by Crippen LogP contribution is 2.17. The number of rotatable bonds is 4. The highest BCUT2D eigenvalue weighted by molar-refractivity contribution is 4.82. The van der Waals surface area contributed by atoms with Gasteiger partial charge in [0.15, 0.2) is 0 Å². The zero-order valence-corrected chi connectivity index (χ0v) is 9.34. The summed E-state index contributed by atoms with van der Waals surface area (Å²) in [6.07, 6.45) is 1.78. The van der Waals surface area contributed by atoms with E-state index in [-0.39, 0.29) is 6.04 Å². The number of piperidine rings is 1. The number of alkyl halides is 2. The molecule has 2 unspecified atom stereocenters. The Labute approximate surface area is 89.5 Å². The second kappa shape index (κ2) is 5.18. The van der Waals surface area contributed by atoms with Crippen LogP contribution in [0.15, 0.2) is 0 Å². The predicted octanol–water partition coefficient (Wildman–Crippen LogP) is 0.686. The van der Waals surface area contributed by atoms with Gasteiger partial charge in [-0.3, -0.25) is 0 Å². The lowest BCUT2D eigenvalue weighted by Gasteiger charge is -2.35. The largest absolute Gasteiger partial charge is 0.390 e. The Morgan fingerprint density at radius 2 is 2.20 bits per heavy atom. The minimum Gasteiger partial charge on any atom is -0.390 e. The molecule has 15 heavy (non-hydrogen) atoms. The summed E-state index contributed by atoms with van der Waals surface area (Å²) in [6, 6.07) is 0.577. The van der Waals surface area contributed by atoms with Gasteiger partial charge in [0.25, 0.3) is 5.92 Å². The van der Waals surface area contributed by atoms with Gasteiger partial charge >= 0.3 is 0 Å². The lowest BCUT2D eigenvalue weighted by atomic mass is 9.99. The number of likely N-dealkylation sites (tertiary alicyclic amines) is 1. The highest BCUT2D eigenvalue weighted by atomic mass is 19.3. The number of nitrogens with zero attached hydrogens (tertiary/aromatic N) is 1. The van der Waals surface area contributed by atoms with Crippen LogP contribution in [0.4, 0.5) is 8.78 Å². The van der Waals surface area contributed by atoms with Gasteiger partial charge in [-0.2, -0.15) is 0 Å². The Bertz CT molecular complexity index is 202. The van der Waals surface area contributed by atoms with Gasteiger partial charge in [-0.15, -0.1) is 0 Å². The monoisotopic (exact) mass is 222 g/mol. The Balaban J connectivity index is 2.28. The van der Waals surface area contributed by atoms with E-state index in [1.54, 1.807) is 0 Å². The molecule has 1 fully saturated rings. The third-order valence-corrected chi connectivity index (χ3v) is 3.09. The maximum absolute atomic E-state index is 12.8. The molecule has 0 aromatic carbocycles. The third kappa shape index (κ3) is 4.01. The molecule has 0 aliphatic carbocycles. The van der Waals surface area contributed by atoms with Gasteiger partial charge in [-0.25, -0.2) is 8.78 Å². The van der Waals surface area contributed by atoms with E-state index in [1.807, 2.05) is 7.05 Å². The number of nitrogens with one attached hydrogen (secondary N) is 1. The van der Waals surface area contributed by atoms with Gasteiger partial charge in [0.2, 0.25) is 0 Å². The van der Waals surface area contributed by atoms with Gasteiger partial charge in [0.1, 0.15) is 6.61 Å². The van der Waals surface area contributed by atoms with Crippen LogP contribution in [0.1, 0.15) is 19.8 Å². The van der Waals surface area contributed by atoms with Crippen molar-refractivity contribution >= 4 is 0 Å². The van der Waals surface area contributed by atoms with Crippen molar-refractivity contribution < 1.29 is 13.9 Å². The molecule has 2 atom stereocenters. The zero-order chi connectivity index (χ0) is 11.5. The minimum atomic E-state index is -2.99. The first-order valence-electron chi connectivity index (χ1n) is 5.37. The van der Waals surface area contributed by atoms with Crippen LogP contribution < -0.4 is 5.32 Å². The Kier molecular flexibility index (Phi) is 4.43. The van der Waals surface area contributed by atoms with Crippen LogP contribution in [0.25, 0.3) is 0 Å². The van der Waals surface area contributed by atoms with Gasteiger partial charge in [-0.1, -0.05) is 0 Å². The van der Waals surface area contributed by atoms with Crippen molar-refractivity contribution in [2.45, 2.75) is 37.8 Å². The lowest BCUT2D eigenvalue weighted by molar-refractivity contribution is -0.0508. The molecule has 1 saturated heterocycles. The number of aliphatic hydroxyl groups is 1. The van der Waals surface area contributed by atoms with Crippen LogP contribution in [0.2, 0.25) is 0 Å². The maximum atomic E-state index is 12.8. The average Bonchev–Trinajstić information content (AvgIpc) is 2.20.